The Morgan fingerprint density at radius 2 is 1.81 bits per heavy atom. The van der Waals surface area contributed by atoms with Gasteiger partial charge in [-0.2, -0.15) is 13.2 Å². The lowest BCUT2D eigenvalue weighted by molar-refractivity contribution is -0.148. The number of rotatable bonds is 4. The summed E-state index contributed by atoms with van der Waals surface area (Å²) >= 11 is 0. The first-order valence-corrected chi connectivity index (χ1v) is 7.81. The highest BCUT2D eigenvalue weighted by Gasteiger charge is 2.42. The third-order valence-electron chi connectivity index (χ3n) is 4.06. The van der Waals surface area contributed by atoms with E-state index in [1.54, 1.807) is 18.2 Å². The first-order valence-electron chi connectivity index (χ1n) is 7.81. The molecular formula is C18H16F5N3. The second kappa shape index (κ2) is 6.95. The van der Waals surface area contributed by atoms with Crippen molar-refractivity contribution in [3.63, 3.8) is 0 Å². The molecule has 1 heterocycles. The predicted octanol–water partition coefficient (Wildman–Crippen LogP) is 4.30. The normalized spacial score (nSPS) is 17.4. The van der Waals surface area contributed by atoms with Crippen LogP contribution in [0.5, 0.6) is 0 Å². The number of alkyl halides is 3. The Morgan fingerprint density at radius 3 is 2.42 bits per heavy atom. The number of hydrogen-bond acceptors (Lipinski definition) is 3. The van der Waals surface area contributed by atoms with Crippen molar-refractivity contribution in [1.82, 2.24) is 10.4 Å². The Balaban J connectivity index is 1.77. The zero-order chi connectivity index (χ0) is 18.9. The number of nitrogens with zero attached hydrogens (tertiary/aromatic N) is 1. The molecule has 0 aromatic heterocycles. The number of hydrogen-bond donors (Lipinski definition) is 2. The van der Waals surface area contributed by atoms with Gasteiger partial charge in [0.25, 0.3) is 0 Å². The molecule has 1 atom stereocenters. The van der Waals surface area contributed by atoms with Gasteiger partial charge in [-0.15, -0.1) is 0 Å². The van der Waals surface area contributed by atoms with Gasteiger partial charge in [0.2, 0.25) is 0 Å². The van der Waals surface area contributed by atoms with Gasteiger partial charge in [0.1, 0.15) is 17.7 Å². The lowest BCUT2D eigenvalue weighted by Gasteiger charge is -2.20. The molecular weight excluding hydrogens is 353 g/mol. The molecule has 0 spiro atoms. The second-order valence-corrected chi connectivity index (χ2v) is 5.90. The molecule has 0 saturated carbocycles. The first kappa shape index (κ1) is 18.2. The Kier molecular flexibility index (Phi) is 4.86. The van der Waals surface area contributed by atoms with Crippen LogP contribution in [0.2, 0.25) is 0 Å². The first-order chi connectivity index (χ1) is 12.3. The monoisotopic (exact) mass is 369 g/mol. The molecule has 0 saturated heterocycles. The molecule has 1 aliphatic heterocycles. The summed E-state index contributed by atoms with van der Waals surface area (Å²) in [5, 5.41) is 4.00. The third kappa shape index (κ3) is 3.80. The van der Waals surface area contributed by atoms with Crippen molar-refractivity contribution in [3.05, 3.63) is 71.3 Å². The largest absolute Gasteiger partial charge is 0.409 e. The summed E-state index contributed by atoms with van der Waals surface area (Å²) in [5.41, 5.74) is 3.32. The van der Waals surface area contributed by atoms with Crippen molar-refractivity contribution in [3.8, 4) is 0 Å². The van der Waals surface area contributed by atoms with Gasteiger partial charge in [0.15, 0.2) is 0 Å². The number of hydrazine groups is 1. The maximum atomic E-state index is 14.3. The van der Waals surface area contributed by atoms with Crippen LogP contribution in [0.1, 0.15) is 11.1 Å². The quantitative estimate of drug-likeness (QED) is 0.787. The van der Waals surface area contributed by atoms with E-state index in [4.69, 9.17) is 0 Å². The van der Waals surface area contributed by atoms with Crippen LogP contribution in [0, 0.1) is 11.6 Å². The van der Waals surface area contributed by atoms with Gasteiger partial charge in [-0.3, -0.25) is 0 Å². The van der Waals surface area contributed by atoms with Gasteiger partial charge in [-0.1, -0.05) is 24.3 Å². The second-order valence-electron chi connectivity index (χ2n) is 5.90. The molecule has 3 nitrogen and oxygen atoms in total. The smallest absolute Gasteiger partial charge is 0.378 e. The van der Waals surface area contributed by atoms with Gasteiger partial charge < -0.3 is 10.3 Å². The molecule has 8 heteroatoms. The number of anilines is 1. The van der Waals surface area contributed by atoms with Crippen LogP contribution in [0.25, 0.3) is 5.70 Å². The van der Waals surface area contributed by atoms with E-state index in [1.165, 1.54) is 30.3 Å². The zero-order valence-corrected chi connectivity index (χ0v) is 13.7. The molecule has 0 amide bonds. The fourth-order valence-corrected chi connectivity index (χ4v) is 2.69. The SMILES string of the molecule is CN1NC(C(F)(F)F)C=C1c1ccc(NCc2ccccc2F)c(F)c1. The van der Waals surface area contributed by atoms with E-state index in [0.29, 0.717) is 11.1 Å². The van der Waals surface area contributed by atoms with Crippen LogP contribution in [-0.4, -0.2) is 24.3 Å². The van der Waals surface area contributed by atoms with Gasteiger partial charge >= 0.3 is 6.18 Å². The summed E-state index contributed by atoms with van der Waals surface area (Å²) in [6.07, 6.45) is -3.43. The van der Waals surface area contributed by atoms with Crippen LogP contribution in [0.15, 0.2) is 48.5 Å². The molecule has 2 aromatic rings. The zero-order valence-electron chi connectivity index (χ0n) is 13.7. The van der Waals surface area contributed by atoms with E-state index in [0.717, 1.165) is 12.1 Å². The summed E-state index contributed by atoms with van der Waals surface area (Å²) in [7, 11) is 1.43. The van der Waals surface area contributed by atoms with Crippen LogP contribution < -0.4 is 10.7 Å². The van der Waals surface area contributed by atoms with Gasteiger partial charge in [0.05, 0.1) is 11.4 Å². The van der Waals surface area contributed by atoms with E-state index < -0.39 is 23.9 Å². The highest BCUT2D eigenvalue weighted by Crippen LogP contribution is 2.31. The van der Waals surface area contributed by atoms with Crippen molar-refractivity contribution < 1.29 is 22.0 Å². The molecule has 26 heavy (non-hydrogen) atoms. The molecule has 0 aliphatic carbocycles. The molecule has 3 rings (SSSR count). The van der Waals surface area contributed by atoms with Crippen molar-refractivity contribution in [2.45, 2.75) is 18.8 Å². The molecule has 2 N–H and O–H groups in total. The molecule has 0 radical (unpaired) electrons. The highest BCUT2D eigenvalue weighted by molar-refractivity contribution is 5.68. The number of benzene rings is 2. The Morgan fingerprint density at radius 1 is 1.08 bits per heavy atom. The Hall–Kier alpha value is -2.61. The lowest BCUT2D eigenvalue weighted by atomic mass is 10.1. The molecule has 1 aliphatic rings. The summed E-state index contributed by atoms with van der Waals surface area (Å²) < 4.78 is 66.3. The summed E-state index contributed by atoms with van der Waals surface area (Å²) in [4.78, 5) is 0. The number of halogens is 5. The number of nitrogens with one attached hydrogen (secondary N) is 2. The maximum Gasteiger partial charge on any atom is 0.409 e. The van der Waals surface area contributed by atoms with E-state index in [2.05, 4.69) is 10.7 Å². The van der Waals surface area contributed by atoms with E-state index in [-0.39, 0.29) is 17.9 Å². The van der Waals surface area contributed by atoms with Crippen molar-refractivity contribution >= 4 is 11.4 Å². The van der Waals surface area contributed by atoms with Crippen LogP contribution in [0.3, 0.4) is 0 Å². The summed E-state index contributed by atoms with van der Waals surface area (Å²) in [5.74, 6) is -1.04. The van der Waals surface area contributed by atoms with E-state index in [9.17, 15) is 22.0 Å². The topological polar surface area (TPSA) is 27.3 Å². The molecule has 2 aromatic carbocycles. The van der Waals surface area contributed by atoms with Gasteiger partial charge in [-0.05, 0) is 24.3 Å². The van der Waals surface area contributed by atoms with Gasteiger partial charge in [0, 0.05) is 24.7 Å². The minimum Gasteiger partial charge on any atom is -0.378 e. The minimum absolute atomic E-state index is 0.0866. The van der Waals surface area contributed by atoms with E-state index >= 15 is 0 Å². The lowest BCUT2D eigenvalue weighted by Crippen LogP contribution is -2.42. The maximum absolute atomic E-state index is 14.3. The molecule has 138 valence electrons. The Bertz CT molecular complexity index is 832. The predicted molar refractivity (Wildman–Crippen MR) is 88.8 cm³/mol. The standard InChI is InChI=1S/C18H16F5N3/c1-26-16(9-17(25-26)18(21,22)23)11-6-7-15(14(20)8-11)24-10-12-4-2-3-5-13(12)19/h2-9,17,24-25H,10H2,1H3. The highest BCUT2D eigenvalue weighted by atomic mass is 19.4. The van der Waals surface area contributed by atoms with Crippen molar-refractivity contribution in [2.24, 2.45) is 0 Å². The third-order valence-corrected chi connectivity index (χ3v) is 4.06. The molecule has 0 fully saturated rings. The molecule has 1 unspecified atom stereocenters. The van der Waals surface area contributed by atoms with Crippen molar-refractivity contribution in [2.75, 3.05) is 12.4 Å². The average molecular weight is 369 g/mol. The average Bonchev–Trinajstić information content (AvgIpc) is 2.97. The van der Waals surface area contributed by atoms with E-state index in [1.807, 2.05) is 0 Å². The van der Waals surface area contributed by atoms with Crippen LogP contribution in [0.4, 0.5) is 27.6 Å². The molecule has 0 bridgehead atoms. The van der Waals surface area contributed by atoms with Gasteiger partial charge in [-0.25, -0.2) is 14.2 Å². The minimum atomic E-state index is -4.43. The fraction of sp³-hybridized carbons (Fsp3) is 0.222. The Labute approximate surface area is 147 Å². The summed E-state index contributed by atoms with van der Waals surface area (Å²) in [6, 6.07) is 8.38. The summed E-state index contributed by atoms with van der Waals surface area (Å²) in [6.45, 7) is 0.0866. The van der Waals surface area contributed by atoms with Crippen LogP contribution in [-0.2, 0) is 6.54 Å². The van der Waals surface area contributed by atoms with Crippen LogP contribution >= 0.6 is 0 Å². The fourth-order valence-electron chi connectivity index (χ4n) is 2.69. The van der Waals surface area contributed by atoms with Crippen molar-refractivity contribution in [1.29, 1.82) is 0 Å².